The van der Waals surface area contributed by atoms with Crippen LogP contribution in [-0.4, -0.2) is 48.2 Å². The number of hydrogen-bond donors (Lipinski definition) is 1. The Labute approximate surface area is 127 Å². The second-order valence-corrected chi connectivity index (χ2v) is 6.23. The summed E-state index contributed by atoms with van der Waals surface area (Å²) in [6.07, 6.45) is 0.594. The van der Waals surface area contributed by atoms with Gasteiger partial charge in [-0.2, -0.15) is 0 Å². The number of carboxylic acids is 1. The van der Waals surface area contributed by atoms with Crippen LogP contribution in [0.25, 0.3) is 0 Å². The third kappa shape index (κ3) is 4.21. The summed E-state index contributed by atoms with van der Waals surface area (Å²) in [7, 11) is 0. The molecular weight excluding hydrogens is 264 g/mol. The third-order valence-electron chi connectivity index (χ3n) is 4.31. The first-order valence-electron chi connectivity index (χ1n) is 7.78. The molecule has 1 N–H and O–H groups in total. The van der Waals surface area contributed by atoms with Crippen LogP contribution in [0, 0.1) is 5.92 Å². The van der Waals surface area contributed by atoms with Gasteiger partial charge in [0.15, 0.2) is 0 Å². The monoisotopic (exact) mass is 290 g/mol. The van der Waals surface area contributed by atoms with Crippen LogP contribution in [0.15, 0.2) is 24.3 Å². The van der Waals surface area contributed by atoms with E-state index in [1.807, 2.05) is 0 Å². The van der Waals surface area contributed by atoms with E-state index in [9.17, 15) is 4.79 Å². The van der Waals surface area contributed by atoms with E-state index < -0.39 is 5.97 Å². The van der Waals surface area contributed by atoms with Crippen molar-refractivity contribution in [2.75, 3.05) is 31.1 Å². The summed E-state index contributed by atoms with van der Waals surface area (Å²) in [4.78, 5) is 15.8. The number of hydrogen-bond acceptors (Lipinski definition) is 3. The Balaban J connectivity index is 1.92. The van der Waals surface area contributed by atoms with Crippen molar-refractivity contribution in [2.45, 2.75) is 33.2 Å². The zero-order valence-electron chi connectivity index (χ0n) is 13.2. The smallest absolute Gasteiger partial charge is 0.306 e. The fourth-order valence-corrected chi connectivity index (χ4v) is 2.78. The molecule has 1 saturated heterocycles. The molecule has 1 heterocycles. The topological polar surface area (TPSA) is 43.8 Å². The van der Waals surface area contributed by atoms with Crippen molar-refractivity contribution in [3.05, 3.63) is 29.8 Å². The van der Waals surface area contributed by atoms with Crippen molar-refractivity contribution in [3.63, 3.8) is 0 Å². The van der Waals surface area contributed by atoms with Crippen LogP contribution in [0.2, 0.25) is 0 Å². The molecule has 1 aromatic carbocycles. The van der Waals surface area contributed by atoms with E-state index in [1.54, 1.807) is 6.92 Å². The molecule has 4 nitrogen and oxygen atoms in total. The Hall–Kier alpha value is -1.55. The van der Waals surface area contributed by atoms with Crippen molar-refractivity contribution < 1.29 is 9.90 Å². The first-order valence-corrected chi connectivity index (χ1v) is 7.78. The second-order valence-electron chi connectivity index (χ2n) is 6.23. The van der Waals surface area contributed by atoms with Crippen LogP contribution in [0.1, 0.15) is 26.3 Å². The Morgan fingerprint density at radius 1 is 1.10 bits per heavy atom. The standard InChI is InChI=1S/C17H26N2O2/c1-13(2)18-8-10-19(11-9-18)16-6-4-15(5-7-16)12-14(3)17(20)21/h4-7,13-14H,8-12H2,1-3H3,(H,20,21). The zero-order chi connectivity index (χ0) is 15.4. The lowest BCUT2D eigenvalue weighted by atomic mass is 10.0. The number of carbonyl (C=O) groups is 1. The molecule has 1 unspecified atom stereocenters. The maximum absolute atomic E-state index is 10.9. The van der Waals surface area contributed by atoms with E-state index in [2.05, 4.69) is 47.9 Å². The predicted molar refractivity (Wildman–Crippen MR) is 85.9 cm³/mol. The van der Waals surface area contributed by atoms with Gasteiger partial charge >= 0.3 is 5.97 Å². The van der Waals surface area contributed by atoms with Crippen LogP contribution in [0.4, 0.5) is 5.69 Å². The van der Waals surface area contributed by atoms with Crippen LogP contribution in [-0.2, 0) is 11.2 Å². The number of aliphatic carboxylic acids is 1. The van der Waals surface area contributed by atoms with Gasteiger partial charge in [0.1, 0.15) is 0 Å². The van der Waals surface area contributed by atoms with E-state index in [-0.39, 0.29) is 5.92 Å². The minimum atomic E-state index is -0.733. The lowest BCUT2D eigenvalue weighted by Crippen LogP contribution is -2.48. The maximum atomic E-state index is 10.9. The number of piperazine rings is 1. The van der Waals surface area contributed by atoms with E-state index in [1.165, 1.54) is 5.69 Å². The van der Waals surface area contributed by atoms with Gasteiger partial charge in [-0.15, -0.1) is 0 Å². The van der Waals surface area contributed by atoms with Crippen molar-refractivity contribution in [3.8, 4) is 0 Å². The number of benzene rings is 1. The molecule has 0 aliphatic carbocycles. The average Bonchev–Trinajstić information content (AvgIpc) is 2.48. The number of anilines is 1. The van der Waals surface area contributed by atoms with Crippen molar-refractivity contribution in [1.82, 2.24) is 4.90 Å². The molecular formula is C17H26N2O2. The van der Waals surface area contributed by atoms with E-state index in [0.29, 0.717) is 12.5 Å². The van der Waals surface area contributed by atoms with E-state index in [4.69, 9.17) is 5.11 Å². The van der Waals surface area contributed by atoms with E-state index in [0.717, 1.165) is 31.7 Å². The van der Waals surface area contributed by atoms with Crippen molar-refractivity contribution in [1.29, 1.82) is 0 Å². The van der Waals surface area contributed by atoms with Crippen molar-refractivity contribution in [2.24, 2.45) is 5.92 Å². The molecule has 0 saturated carbocycles. The molecule has 1 aliphatic heterocycles. The fourth-order valence-electron chi connectivity index (χ4n) is 2.78. The SMILES string of the molecule is CC(Cc1ccc(N2CCN(C(C)C)CC2)cc1)C(=O)O. The molecule has 0 spiro atoms. The third-order valence-corrected chi connectivity index (χ3v) is 4.31. The normalized spacial score (nSPS) is 18.0. The Bertz CT molecular complexity index is 462. The molecule has 0 radical (unpaired) electrons. The number of carboxylic acid groups (broad SMARTS) is 1. The van der Waals surface area contributed by atoms with Gasteiger partial charge in [0.25, 0.3) is 0 Å². The fraction of sp³-hybridized carbons (Fsp3) is 0.588. The number of rotatable bonds is 5. The van der Waals surface area contributed by atoms with Gasteiger partial charge in [0.05, 0.1) is 5.92 Å². The average molecular weight is 290 g/mol. The summed E-state index contributed by atoms with van der Waals surface area (Å²) in [6, 6.07) is 8.98. The summed E-state index contributed by atoms with van der Waals surface area (Å²) in [5, 5.41) is 8.96. The molecule has 4 heteroatoms. The molecule has 21 heavy (non-hydrogen) atoms. The summed E-state index contributed by atoms with van der Waals surface area (Å²) >= 11 is 0. The first-order chi connectivity index (χ1) is 9.97. The van der Waals surface area contributed by atoms with Gasteiger partial charge < -0.3 is 10.0 Å². The summed E-state index contributed by atoms with van der Waals surface area (Å²) in [5.74, 6) is -1.06. The highest BCUT2D eigenvalue weighted by Crippen LogP contribution is 2.19. The summed E-state index contributed by atoms with van der Waals surface area (Å²) in [6.45, 7) is 10.6. The van der Waals surface area contributed by atoms with Crippen LogP contribution in [0.5, 0.6) is 0 Å². The van der Waals surface area contributed by atoms with Gasteiger partial charge in [-0.1, -0.05) is 19.1 Å². The Morgan fingerprint density at radius 3 is 2.14 bits per heavy atom. The predicted octanol–water partition coefficient (Wildman–Crippen LogP) is 2.48. The highest BCUT2D eigenvalue weighted by atomic mass is 16.4. The lowest BCUT2D eigenvalue weighted by molar-refractivity contribution is -0.141. The minimum absolute atomic E-state index is 0.328. The molecule has 2 rings (SSSR count). The molecule has 116 valence electrons. The van der Waals surface area contributed by atoms with Gasteiger partial charge in [-0.25, -0.2) is 0 Å². The first kappa shape index (κ1) is 15.8. The molecule has 1 aliphatic rings. The van der Waals surface area contributed by atoms with Crippen LogP contribution in [0.3, 0.4) is 0 Å². The van der Waals surface area contributed by atoms with Crippen molar-refractivity contribution >= 4 is 11.7 Å². The largest absolute Gasteiger partial charge is 0.481 e. The summed E-state index contributed by atoms with van der Waals surface area (Å²) in [5.41, 5.74) is 2.33. The zero-order valence-corrected chi connectivity index (χ0v) is 13.2. The molecule has 1 fully saturated rings. The summed E-state index contributed by atoms with van der Waals surface area (Å²) < 4.78 is 0. The molecule has 0 bridgehead atoms. The maximum Gasteiger partial charge on any atom is 0.306 e. The highest BCUT2D eigenvalue weighted by molar-refractivity contribution is 5.70. The van der Waals surface area contributed by atoms with Gasteiger partial charge in [0.2, 0.25) is 0 Å². The second kappa shape index (κ2) is 6.94. The van der Waals surface area contributed by atoms with Crippen LogP contribution >= 0.6 is 0 Å². The quantitative estimate of drug-likeness (QED) is 0.905. The van der Waals surface area contributed by atoms with Crippen LogP contribution < -0.4 is 4.90 Å². The lowest BCUT2D eigenvalue weighted by Gasteiger charge is -2.38. The van der Waals surface area contributed by atoms with Gasteiger partial charge in [0, 0.05) is 37.9 Å². The molecule has 1 aromatic rings. The Morgan fingerprint density at radius 2 is 1.67 bits per heavy atom. The van der Waals surface area contributed by atoms with Gasteiger partial charge in [-0.05, 0) is 38.0 Å². The highest BCUT2D eigenvalue weighted by Gasteiger charge is 2.19. The molecule has 0 amide bonds. The number of nitrogens with zero attached hydrogens (tertiary/aromatic N) is 2. The molecule has 1 atom stereocenters. The van der Waals surface area contributed by atoms with E-state index >= 15 is 0 Å². The Kier molecular flexibility index (Phi) is 5.23. The minimum Gasteiger partial charge on any atom is -0.481 e. The van der Waals surface area contributed by atoms with Gasteiger partial charge in [-0.3, -0.25) is 9.69 Å². The molecule has 0 aromatic heterocycles.